The van der Waals surface area contributed by atoms with Gasteiger partial charge in [-0.05, 0) is 61.9 Å². The Hall–Kier alpha value is -4.94. The first-order chi connectivity index (χ1) is 23.0. The van der Waals surface area contributed by atoms with Crippen LogP contribution in [-0.4, -0.2) is 74.8 Å². The zero-order valence-electron chi connectivity index (χ0n) is 26.8. The topological polar surface area (TPSA) is 105 Å². The number of piperazine rings is 1. The fraction of sp³-hybridized carbons (Fsp3) is 0.371. The first kappa shape index (κ1) is 30.7. The molecule has 0 bridgehead atoms. The standard InChI is InChI=1S/C35H40N8O4/c1-3-27(2)43-34(44)41(26-38-43)31-11-9-29(10-12-31)39-19-21-40(22-20-39)30-13-15-32(16-14-30)45-23-33-24-46-35(47-33,25-42-36-17-18-37-42)28-7-5-4-6-8-28/h4-18,26-27,33H,3,19-25H2,1-2H3/t27-,33+,35-/m1/s1. The number of rotatable bonds is 11. The molecule has 2 fully saturated rings. The maximum atomic E-state index is 12.8. The molecule has 0 aliphatic carbocycles. The SMILES string of the molecule is CC[C@@H](C)n1ncn(-c2ccc(N3CCN(c4ccc(OC[C@H]5CO[C@@](Cn6nccn6)(c6ccccc6)O5)cc4)CC3)cc2)c1=O. The van der Waals surface area contributed by atoms with Gasteiger partial charge in [0.2, 0.25) is 5.79 Å². The van der Waals surface area contributed by atoms with E-state index in [9.17, 15) is 4.79 Å². The van der Waals surface area contributed by atoms with Crippen LogP contribution in [0.5, 0.6) is 5.75 Å². The van der Waals surface area contributed by atoms with Gasteiger partial charge in [0.15, 0.2) is 0 Å². The van der Waals surface area contributed by atoms with E-state index in [-0.39, 0.29) is 17.8 Å². The summed E-state index contributed by atoms with van der Waals surface area (Å²) in [5, 5.41) is 12.8. The molecule has 2 saturated heterocycles. The average molecular weight is 637 g/mol. The molecule has 2 aliphatic heterocycles. The van der Waals surface area contributed by atoms with Gasteiger partial charge >= 0.3 is 5.69 Å². The third-order valence-electron chi connectivity index (χ3n) is 9.00. The summed E-state index contributed by atoms with van der Waals surface area (Å²) < 4.78 is 22.0. The van der Waals surface area contributed by atoms with Crippen LogP contribution in [0, 0.1) is 0 Å². The molecule has 244 valence electrons. The molecule has 0 spiro atoms. The lowest BCUT2D eigenvalue weighted by molar-refractivity contribution is -0.192. The van der Waals surface area contributed by atoms with Crippen LogP contribution in [-0.2, 0) is 21.8 Å². The summed E-state index contributed by atoms with van der Waals surface area (Å²) in [6, 6.07) is 26.4. The highest BCUT2D eigenvalue weighted by Gasteiger charge is 2.44. The van der Waals surface area contributed by atoms with Crippen LogP contribution >= 0.6 is 0 Å². The lowest BCUT2D eigenvalue weighted by atomic mass is 10.1. The van der Waals surface area contributed by atoms with Crippen LogP contribution in [0.2, 0.25) is 0 Å². The molecule has 7 rings (SSSR count). The van der Waals surface area contributed by atoms with Gasteiger partial charge in [-0.25, -0.2) is 14.0 Å². The Morgan fingerprint density at radius 3 is 2.11 bits per heavy atom. The van der Waals surface area contributed by atoms with E-state index in [1.807, 2.05) is 61.5 Å². The minimum absolute atomic E-state index is 0.0721. The lowest BCUT2D eigenvalue weighted by Crippen LogP contribution is -2.46. The van der Waals surface area contributed by atoms with Gasteiger partial charge in [-0.3, -0.25) is 0 Å². The monoisotopic (exact) mass is 636 g/mol. The number of anilines is 2. The fourth-order valence-electron chi connectivity index (χ4n) is 6.13. The zero-order chi connectivity index (χ0) is 32.2. The van der Waals surface area contributed by atoms with Crippen LogP contribution in [0.15, 0.2) is 102 Å². The molecule has 5 aromatic rings. The first-order valence-electron chi connectivity index (χ1n) is 16.2. The highest BCUT2D eigenvalue weighted by molar-refractivity contribution is 5.54. The lowest BCUT2D eigenvalue weighted by Gasteiger charge is -2.37. The van der Waals surface area contributed by atoms with Gasteiger partial charge in [0.1, 0.15) is 31.3 Å². The van der Waals surface area contributed by atoms with Crippen molar-refractivity contribution in [1.82, 2.24) is 29.3 Å². The average Bonchev–Trinajstić information content (AvgIpc) is 3.89. The van der Waals surface area contributed by atoms with Crippen molar-refractivity contribution in [3.05, 3.63) is 114 Å². The summed E-state index contributed by atoms with van der Waals surface area (Å²) in [4.78, 5) is 19.1. The number of hydrogen-bond donors (Lipinski definition) is 0. The van der Waals surface area contributed by atoms with Crippen molar-refractivity contribution in [1.29, 1.82) is 0 Å². The van der Waals surface area contributed by atoms with Gasteiger partial charge in [0.25, 0.3) is 0 Å². The quantitative estimate of drug-likeness (QED) is 0.210. The molecular formula is C35H40N8O4. The Bertz CT molecular complexity index is 1780. The summed E-state index contributed by atoms with van der Waals surface area (Å²) in [7, 11) is 0. The van der Waals surface area contributed by atoms with Crippen LogP contribution in [0.25, 0.3) is 5.69 Å². The number of ether oxygens (including phenoxy) is 3. The predicted molar refractivity (Wildman–Crippen MR) is 178 cm³/mol. The van der Waals surface area contributed by atoms with Crippen molar-refractivity contribution in [2.24, 2.45) is 0 Å². The molecule has 2 aliphatic rings. The summed E-state index contributed by atoms with van der Waals surface area (Å²) in [6.45, 7) is 8.79. The molecule has 0 unspecified atom stereocenters. The van der Waals surface area contributed by atoms with Crippen molar-refractivity contribution in [2.75, 3.05) is 49.2 Å². The second kappa shape index (κ2) is 13.4. The van der Waals surface area contributed by atoms with Gasteiger partial charge in [-0.15, -0.1) is 0 Å². The molecule has 0 saturated carbocycles. The molecule has 0 amide bonds. The first-order valence-corrected chi connectivity index (χ1v) is 16.2. The van der Waals surface area contributed by atoms with Crippen molar-refractivity contribution in [3.63, 3.8) is 0 Å². The molecule has 12 heteroatoms. The van der Waals surface area contributed by atoms with E-state index in [1.165, 1.54) is 5.69 Å². The Balaban J connectivity index is 0.913. The van der Waals surface area contributed by atoms with Gasteiger partial charge < -0.3 is 24.0 Å². The number of nitrogens with zero attached hydrogens (tertiary/aromatic N) is 8. The van der Waals surface area contributed by atoms with Crippen molar-refractivity contribution in [3.8, 4) is 11.4 Å². The van der Waals surface area contributed by atoms with Crippen LogP contribution < -0.4 is 20.2 Å². The normalized spacial score (nSPS) is 20.4. The van der Waals surface area contributed by atoms with Crippen molar-refractivity contribution >= 4 is 11.4 Å². The minimum Gasteiger partial charge on any atom is -0.491 e. The summed E-state index contributed by atoms with van der Waals surface area (Å²) in [6.07, 6.45) is 5.51. The summed E-state index contributed by atoms with van der Waals surface area (Å²) >= 11 is 0. The minimum atomic E-state index is -0.973. The maximum Gasteiger partial charge on any atom is 0.350 e. The van der Waals surface area contributed by atoms with E-state index >= 15 is 0 Å². The smallest absolute Gasteiger partial charge is 0.350 e. The molecule has 0 N–H and O–H groups in total. The highest BCUT2D eigenvalue weighted by Crippen LogP contribution is 2.36. The molecule has 3 aromatic carbocycles. The van der Waals surface area contributed by atoms with E-state index < -0.39 is 5.79 Å². The Morgan fingerprint density at radius 2 is 1.47 bits per heavy atom. The Labute approximate surface area is 273 Å². The van der Waals surface area contributed by atoms with Gasteiger partial charge in [0, 0.05) is 43.1 Å². The largest absolute Gasteiger partial charge is 0.491 e. The van der Waals surface area contributed by atoms with Crippen LogP contribution in [0.4, 0.5) is 11.4 Å². The molecule has 12 nitrogen and oxygen atoms in total. The highest BCUT2D eigenvalue weighted by atomic mass is 16.8. The van der Waals surface area contributed by atoms with Gasteiger partial charge in [-0.2, -0.15) is 20.1 Å². The second-order valence-corrected chi connectivity index (χ2v) is 12.0. The van der Waals surface area contributed by atoms with E-state index in [0.29, 0.717) is 19.8 Å². The van der Waals surface area contributed by atoms with E-state index in [2.05, 4.69) is 56.3 Å². The van der Waals surface area contributed by atoms with Crippen molar-refractivity contribution < 1.29 is 14.2 Å². The fourth-order valence-corrected chi connectivity index (χ4v) is 6.13. The van der Waals surface area contributed by atoms with Crippen LogP contribution in [0.3, 0.4) is 0 Å². The van der Waals surface area contributed by atoms with Gasteiger partial charge in [0.05, 0.1) is 30.7 Å². The van der Waals surface area contributed by atoms with Gasteiger partial charge in [-0.1, -0.05) is 37.3 Å². The molecule has 4 heterocycles. The van der Waals surface area contributed by atoms with E-state index in [1.54, 1.807) is 32.8 Å². The second-order valence-electron chi connectivity index (χ2n) is 12.0. The molecular weight excluding hydrogens is 596 g/mol. The summed E-state index contributed by atoms with van der Waals surface area (Å²) in [5.41, 5.74) is 3.95. The third-order valence-corrected chi connectivity index (χ3v) is 9.00. The Morgan fingerprint density at radius 1 is 0.851 bits per heavy atom. The predicted octanol–water partition coefficient (Wildman–Crippen LogP) is 4.27. The van der Waals surface area contributed by atoms with E-state index in [4.69, 9.17) is 14.2 Å². The number of benzene rings is 3. The number of hydrogen-bond acceptors (Lipinski definition) is 9. The molecule has 2 aromatic heterocycles. The van der Waals surface area contributed by atoms with Crippen LogP contribution in [0.1, 0.15) is 31.9 Å². The molecule has 47 heavy (non-hydrogen) atoms. The van der Waals surface area contributed by atoms with Crippen molar-refractivity contribution in [2.45, 2.75) is 44.7 Å². The third kappa shape index (κ3) is 6.51. The zero-order valence-corrected chi connectivity index (χ0v) is 26.8. The molecule has 0 radical (unpaired) electrons. The van der Waals surface area contributed by atoms with E-state index in [0.717, 1.165) is 55.3 Å². The Kier molecular flexibility index (Phi) is 8.77. The summed E-state index contributed by atoms with van der Waals surface area (Å²) in [5.74, 6) is -0.185. The number of aromatic nitrogens is 6. The molecule has 3 atom stereocenters. The maximum absolute atomic E-state index is 12.8.